The minimum absolute atomic E-state index is 0.179. The van der Waals surface area contributed by atoms with Crippen LogP contribution in [0.5, 0.6) is 5.88 Å². The van der Waals surface area contributed by atoms with E-state index in [1.54, 1.807) is 13.0 Å². The second-order valence-corrected chi connectivity index (χ2v) is 4.24. The number of rotatable bonds is 4. The van der Waals surface area contributed by atoms with Gasteiger partial charge in [0, 0.05) is 24.4 Å². The van der Waals surface area contributed by atoms with Crippen LogP contribution in [0.4, 0.5) is 19.0 Å². The van der Waals surface area contributed by atoms with Gasteiger partial charge in [-0.2, -0.15) is 13.2 Å². The van der Waals surface area contributed by atoms with E-state index in [2.05, 4.69) is 15.3 Å². The highest BCUT2D eigenvalue weighted by Gasteiger charge is 2.31. The first-order valence-electron chi connectivity index (χ1n) is 6.27. The Morgan fingerprint density at radius 1 is 1.24 bits per heavy atom. The molecule has 0 aromatic carbocycles. The summed E-state index contributed by atoms with van der Waals surface area (Å²) in [7, 11) is 1.44. The molecule has 0 saturated carbocycles. The van der Waals surface area contributed by atoms with E-state index in [4.69, 9.17) is 4.74 Å². The Labute approximate surface area is 120 Å². The maximum atomic E-state index is 13.0. The lowest BCUT2D eigenvalue weighted by Crippen LogP contribution is -2.08. The molecule has 0 bridgehead atoms. The second-order valence-electron chi connectivity index (χ2n) is 4.24. The number of halogens is 3. The van der Waals surface area contributed by atoms with Crippen LogP contribution < -0.4 is 10.1 Å². The van der Waals surface area contributed by atoms with Gasteiger partial charge < -0.3 is 10.1 Å². The summed E-state index contributed by atoms with van der Waals surface area (Å²) in [6.07, 6.45) is -2.97. The smallest absolute Gasteiger partial charge is 0.416 e. The Morgan fingerprint density at radius 3 is 2.62 bits per heavy atom. The molecular weight excluding hydrogens is 283 g/mol. The molecule has 0 saturated heterocycles. The zero-order valence-electron chi connectivity index (χ0n) is 11.5. The molecule has 2 aromatic rings. The van der Waals surface area contributed by atoms with Crippen molar-refractivity contribution in [3.05, 3.63) is 36.0 Å². The Bertz CT molecular complexity index is 629. The molecule has 0 spiro atoms. The minimum atomic E-state index is -4.43. The fourth-order valence-corrected chi connectivity index (χ4v) is 1.79. The molecule has 0 unspecified atom stereocenters. The number of anilines is 1. The average molecular weight is 297 g/mol. The highest BCUT2D eigenvalue weighted by Crippen LogP contribution is 2.33. The first-order chi connectivity index (χ1) is 9.94. The van der Waals surface area contributed by atoms with Crippen molar-refractivity contribution in [1.29, 1.82) is 0 Å². The first kappa shape index (κ1) is 15.1. The third kappa shape index (κ3) is 3.62. The van der Waals surface area contributed by atoms with Crippen LogP contribution in [0.3, 0.4) is 0 Å². The van der Waals surface area contributed by atoms with Gasteiger partial charge in [-0.25, -0.2) is 9.97 Å². The van der Waals surface area contributed by atoms with E-state index in [0.29, 0.717) is 18.0 Å². The molecule has 0 atom stereocenters. The summed E-state index contributed by atoms with van der Waals surface area (Å²) in [4.78, 5) is 8.11. The van der Waals surface area contributed by atoms with Gasteiger partial charge in [-0.3, -0.25) is 0 Å². The van der Waals surface area contributed by atoms with Crippen molar-refractivity contribution in [2.45, 2.75) is 13.1 Å². The van der Waals surface area contributed by atoms with E-state index in [1.807, 2.05) is 0 Å². The molecule has 0 aliphatic rings. The number of alkyl halides is 3. The minimum Gasteiger partial charge on any atom is -0.481 e. The van der Waals surface area contributed by atoms with Gasteiger partial charge in [0.15, 0.2) is 0 Å². The lowest BCUT2D eigenvalue weighted by atomic mass is 10.1. The van der Waals surface area contributed by atoms with E-state index in [0.717, 1.165) is 12.1 Å². The number of nitrogens with zero attached hydrogens (tertiary/aromatic N) is 2. The van der Waals surface area contributed by atoms with Gasteiger partial charge in [-0.15, -0.1) is 0 Å². The van der Waals surface area contributed by atoms with E-state index in [-0.39, 0.29) is 11.5 Å². The summed E-state index contributed by atoms with van der Waals surface area (Å²) in [6, 6.07) is 5.12. The summed E-state index contributed by atoms with van der Waals surface area (Å²) in [5.41, 5.74) is -0.0344. The summed E-state index contributed by atoms with van der Waals surface area (Å²) in [5.74, 6) is 0.495. The predicted molar refractivity (Wildman–Crippen MR) is 73.2 cm³/mol. The number of aromatic nitrogens is 2. The molecule has 0 fully saturated rings. The summed E-state index contributed by atoms with van der Waals surface area (Å²) in [6.45, 7) is 2.27. The normalized spacial score (nSPS) is 11.3. The molecule has 0 aliphatic heterocycles. The van der Waals surface area contributed by atoms with Crippen LogP contribution in [0.1, 0.15) is 12.5 Å². The average Bonchev–Trinajstić information content (AvgIpc) is 2.46. The van der Waals surface area contributed by atoms with E-state index >= 15 is 0 Å². The van der Waals surface area contributed by atoms with Gasteiger partial charge in [0.25, 0.3) is 0 Å². The highest BCUT2D eigenvalue weighted by molar-refractivity contribution is 5.63. The van der Waals surface area contributed by atoms with Crippen LogP contribution in [0.15, 0.2) is 30.5 Å². The first-order valence-corrected chi connectivity index (χ1v) is 6.27. The van der Waals surface area contributed by atoms with Gasteiger partial charge in [0.1, 0.15) is 5.82 Å². The number of methoxy groups -OCH3 is 1. The quantitative estimate of drug-likeness (QED) is 0.936. The van der Waals surface area contributed by atoms with Crippen LogP contribution in [0, 0.1) is 0 Å². The van der Waals surface area contributed by atoms with Crippen molar-refractivity contribution in [2.75, 3.05) is 19.0 Å². The number of hydrogen-bond acceptors (Lipinski definition) is 4. The van der Waals surface area contributed by atoms with Gasteiger partial charge in [0.05, 0.1) is 18.4 Å². The van der Waals surface area contributed by atoms with Crippen molar-refractivity contribution in [3.63, 3.8) is 0 Å². The van der Waals surface area contributed by atoms with Gasteiger partial charge in [-0.1, -0.05) is 0 Å². The molecule has 2 rings (SSSR count). The van der Waals surface area contributed by atoms with E-state index in [9.17, 15) is 13.2 Å². The third-order valence-corrected chi connectivity index (χ3v) is 2.75. The molecule has 112 valence electrons. The zero-order chi connectivity index (χ0) is 15.5. The third-order valence-electron chi connectivity index (χ3n) is 2.75. The molecule has 4 nitrogen and oxygen atoms in total. The molecule has 2 aromatic heterocycles. The van der Waals surface area contributed by atoms with Crippen LogP contribution in [0.25, 0.3) is 11.3 Å². The lowest BCUT2D eigenvalue weighted by Gasteiger charge is -2.12. The molecule has 0 aliphatic carbocycles. The number of ether oxygens (including phenoxy) is 1. The number of nitrogens with one attached hydrogen (secondary N) is 1. The molecule has 0 amide bonds. The fourth-order valence-electron chi connectivity index (χ4n) is 1.79. The number of pyridine rings is 2. The van der Waals surface area contributed by atoms with Crippen LogP contribution >= 0.6 is 0 Å². The summed E-state index contributed by atoms with van der Waals surface area (Å²) in [5, 5.41) is 2.80. The van der Waals surface area contributed by atoms with Crippen molar-refractivity contribution in [3.8, 4) is 17.1 Å². The molecule has 1 N–H and O–H groups in total. The molecule has 0 radical (unpaired) electrons. The lowest BCUT2D eigenvalue weighted by molar-refractivity contribution is -0.137. The standard InChI is InChI=1S/C14H14F3N3O/c1-3-18-12-8-10(14(15,16)17)7-11(20-12)9-4-5-19-13(6-9)21-2/h4-8H,3H2,1-2H3,(H,18,20). The van der Waals surface area contributed by atoms with Crippen LogP contribution in [0.2, 0.25) is 0 Å². The predicted octanol–water partition coefficient (Wildman–Crippen LogP) is 3.60. The summed E-state index contributed by atoms with van der Waals surface area (Å²) < 4.78 is 43.8. The Hall–Kier alpha value is -2.31. The topological polar surface area (TPSA) is 47.0 Å². The Morgan fingerprint density at radius 2 is 2.00 bits per heavy atom. The van der Waals surface area contributed by atoms with Crippen molar-refractivity contribution in [1.82, 2.24) is 9.97 Å². The van der Waals surface area contributed by atoms with E-state index in [1.165, 1.54) is 19.4 Å². The van der Waals surface area contributed by atoms with Crippen LogP contribution in [-0.4, -0.2) is 23.6 Å². The van der Waals surface area contributed by atoms with Crippen LogP contribution in [-0.2, 0) is 6.18 Å². The van der Waals surface area contributed by atoms with E-state index < -0.39 is 11.7 Å². The van der Waals surface area contributed by atoms with Crippen molar-refractivity contribution < 1.29 is 17.9 Å². The maximum Gasteiger partial charge on any atom is 0.416 e. The zero-order valence-corrected chi connectivity index (χ0v) is 11.5. The van der Waals surface area contributed by atoms with Gasteiger partial charge >= 0.3 is 6.18 Å². The largest absolute Gasteiger partial charge is 0.481 e. The number of hydrogen-bond donors (Lipinski definition) is 1. The summed E-state index contributed by atoms with van der Waals surface area (Å²) >= 11 is 0. The SMILES string of the molecule is CCNc1cc(C(F)(F)F)cc(-c2ccnc(OC)c2)n1. The van der Waals surface area contributed by atoms with Crippen molar-refractivity contribution >= 4 is 5.82 Å². The van der Waals surface area contributed by atoms with Crippen molar-refractivity contribution in [2.24, 2.45) is 0 Å². The van der Waals surface area contributed by atoms with Gasteiger partial charge in [-0.05, 0) is 25.1 Å². The molecular formula is C14H14F3N3O. The molecule has 7 heteroatoms. The maximum absolute atomic E-state index is 13.0. The molecule has 21 heavy (non-hydrogen) atoms. The highest BCUT2D eigenvalue weighted by atomic mass is 19.4. The second kappa shape index (κ2) is 5.99. The monoisotopic (exact) mass is 297 g/mol. The molecule has 2 heterocycles. The fraction of sp³-hybridized carbons (Fsp3) is 0.286. The Kier molecular flexibility index (Phi) is 4.30. The Balaban J connectivity index is 2.53. The van der Waals surface area contributed by atoms with Gasteiger partial charge in [0.2, 0.25) is 5.88 Å².